The molecule has 36 heavy (non-hydrogen) atoms. The molecule has 0 radical (unpaired) electrons. The Labute approximate surface area is 213 Å². The number of nitrogens with zero attached hydrogens (tertiary/aromatic N) is 4. The topological polar surface area (TPSA) is 74.5 Å². The molecular weight excluding hydrogens is 450 g/mol. The second-order valence-corrected chi connectivity index (χ2v) is 10.4. The average molecular weight is 488 g/mol. The molecule has 2 fully saturated rings. The summed E-state index contributed by atoms with van der Waals surface area (Å²) >= 11 is 0. The van der Waals surface area contributed by atoms with E-state index in [-0.39, 0.29) is 11.8 Å². The second-order valence-electron chi connectivity index (χ2n) is 10.4. The fourth-order valence-corrected chi connectivity index (χ4v) is 5.43. The van der Waals surface area contributed by atoms with E-state index in [0.717, 1.165) is 44.0 Å². The van der Waals surface area contributed by atoms with Gasteiger partial charge in [0.15, 0.2) is 0 Å². The maximum atomic E-state index is 12.9. The number of aromatic nitrogens is 2. The van der Waals surface area contributed by atoms with Gasteiger partial charge in [0.25, 0.3) is 0 Å². The van der Waals surface area contributed by atoms with Gasteiger partial charge < -0.3 is 9.84 Å². The van der Waals surface area contributed by atoms with Gasteiger partial charge in [-0.3, -0.25) is 14.6 Å². The Morgan fingerprint density at radius 2 is 1.78 bits per heavy atom. The van der Waals surface area contributed by atoms with Crippen molar-refractivity contribution in [3.63, 3.8) is 0 Å². The van der Waals surface area contributed by atoms with Crippen LogP contribution >= 0.6 is 0 Å². The molecule has 2 aromatic carbocycles. The monoisotopic (exact) mass is 487 g/mol. The first-order valence-electron chi connectivity index (χ1n) is 13.3. The van der Waals surface area contributed by atoms with Crippen LogP contribution in [0.4, 0.5) is 0 Å². The van der Waals surface area contributed by atoms with Crippen molar-refractivity contribution in [1.29, 1.82) is 0 Å². The predicted molar refractivity (Wildman–Crippen MR) is 140 cm³/mol. The van der Waals surface area contributed by atoms with E-state index in [1.807, 2.05) is 30.3 Å². The molecule has 7 heteroatoms. The molecule has 0 spiro atoms. The lowest BCUT2D eigenvalue weighted by atomic mass is 9.95. The predicted octanol–water partition coefficient (Wildman–Crippen LogP) is 4.50. The van der Waals surface area contributed by atoms with Gasteiger partial charge in [0.1, 0.15) is 0 Å². The van der Waals surface area contributed by atoms with E-state index in [4.69, 9.17) is 4.52 Å². The molecule has 190 valence electrons. The van der Waals surface area contributed by atoms with Crippen molar-refractivity contribution < 1.29 is 9.32 Å². The molecule has 7 nitrogen and oxygen atoms in total. The van der Waals surface area contributed by atoms with Crippen LogP contribution in [0.5, 0.6) is 0 Å². The van der Waals surface area contributed by atoms with E-state index >= 15 is 0 Å². The summed E-state index contributed by atoms with van der Waals surface area (Å²) in [5.41, 5.74) is 3.46. The Hall–Kier alpha value is -3.03. The lowest BCUT2D eigenvalue weighted by Gasteiger charge is -2.31. The molecule has 3 heterocycles. The number of amides is 1. The Kier molecular flexibility index (Phi) is 8.08. The summed E-state index contributed by atoms with van der Waals surface area (Å²) in [5, 5.41) is 7.29. The van der Waals surface area contributed by atoms with E-state index in [9.17, 15) is 4.79 Å². The maximum Gasteiger partial charge on any atom is 0.241 e. The molecule has 0 aliphatic carbocycles. The van der Waals surface area contributed by atoms with Crippen LogP contribution in [-0.2, 0) is 24.4 Å². The van der Waals surface area contributed by atoms with E-state index < -0.39 is 0 Å². The summed E-state index contributed by atoms with van der Waals surface area (Å²) in [4.78, 5) is 22.2. The molecule has 0 saturated carbocycles. The number of hydrogen-bond donors (Lipinski definition) is 1. The van der Waals surface area contributed by atoms with Crippen molar-refractivity contribution in [3.05, 3.63) is 71.6 Å². The molecule has 1 unspecified atom stereocenters. The normalized spacial score (nSPS) is 19.9. The standard InChI is InChI=1S/C29H37N5O2/c1-22-7-6-14-34(19-22)20-24-9-5-8-23(17-24)18-30-29(35)26-12-15-33(16-13-26)21-27-31-28(32-36-27)25-10-3-2-4-11-25/h2-5,8-11,17,22,26H,6-7,12-16,18-21H2,1H3,(H,30,35). The highest BCUT2D eigenvalue weighted by Gasteiger charge is 2.26. The van der Waals surface area contributed by atoms with E-state index in [2.05, 4.69) is 56.4 Å². The quantitative estimate of drug-likeness (QED) is 0.504. The summed E-state index contributed by atoms with van der Waals surface area (Å²) in [6.07, 6.45) is 4.32. The van der Waals surface area contributed by atoms with Gasteiger partial charge in [-0.25, -0.2) is 0 Å². The van der Waals surface area contributed by atoms with Gasteiger partial charge in [0.2, 0.25) is 17.6 Å². The third-order valence-electron chi connectivity index (χ3n) is 7.42. The van der Waals surface area contributed by atoms with Crippen LogP contribution in [0, 0.1) is 11.8 Å². The van der Waals surface area contributed by atoms with Crippen LogP contribution in [0.1, 0.15) is 49.6 Å². The van der Waals surface area contributed by atoms with Crippen molar-refractivity contribution in [2.45, 2.75) is 52.2 Å². The third-order valence-corrected chi connectivity index (χ3v) is 7.42. The molecule has 5 rings (SSSR count). The summed E-state index contributed by atoms with van der Waals surface area (Å²) in [7, 11) is 0. The first kappa shape index (κ1) is 24.7. The maximum absolute atomic E-state index is 12.9. The summed E-state index contributed by atoms with van der Waals surface area (Å²) < 4.78 is 5.46. The molecule has 1 amide bonds. The number of carbonyl (C=O) groups excluding carboxylic acids is 1. The van der Waals surface area contributed by atoms with Crippen molar-refractivity contribution in [3.8, 4) is 11.4 Å². The first-order valence-corrected chi connectivity index (χ1v) is 13.3. The minimum Gasteiger partial charge on any atom is -0.352 e. The Bertz CT molecular complexity index is 1120. The SMILES string of the molecule is CC1CCCN(Cc2cccc(CNC(=O)C3CCN(Cc4nc(-c5ccccc5)no4)CC3)c2)C1. The molecule has 0 bridgehead atoms. The summed E-state index contributed by atoms with van der Waals surface area (Å²) in [5.74, 6) is 2.24. The fraction of sp³-hybridized carbons (Fsp3) is 0.483. The zero-order valence-electron chi connectivity index (χ0n) is 21.2. The molecule has 2 saturated heterocycles. The Morgan fingerprint density at radius 3 is 2.58 bits per heavy atom. The van der Waals surface area contributed by atoms with Crippen molar-refractivity contribution in [1.82, 2.24) is 25.3 Å². The van der Waals surface area contributed by atoms with Gasteiger partial charge in [-0.05, 0) is 62.4 Å². The molecule has 1 atom stereocenters. The van der Waals surface area contributed by atoms with Gasteiger partial charge in [0.05, 0.1) is 6.54 Å². The number of benzene rings is 2. The first-order chi connectivity index (χ1) is 17.6. The van der Waals surface area contributed by atoms with Crippen molar-refractivity contribution in [2.24, 2.45) is 11.8 Å². The zero-order valence-corrected chi connectivity index (χ0v) is 21.2. The van der Waals surface area contributed by atoms with Crippen LogP contribution in [0.2, 0.25) is 0 Å². The van der Waals surface area contributed by atoms with Gasteiger partial charge in [-0.15, -0.1) is 0 Å². The number of carbonyl (C=O) groups is 1. The van der Waals surface area contributed by atoms with E-state index in [1.165, 1.54) is 37.1 Å². The van der Waals surface area contributed by atoms with Gasteiger partial charge in [0, 0.05) is 31.1 Å². The zero-order chi connectivity index (χ0) is 24.7. The lowest BCUT2D eigenvalue weighted by molar-refractivity contribution is -0.126. The van der Waals surface area contributed by atoms with Crippen LogP contribution in [0.15, 0.2) is 59.1 Å². The van der Waals surface area contributed by atoms with Gasteiger partial charge in [-0.1, -0.05) is 66.7 Å². The molecule has 1 aromatic heterocycles. The van der Waals surface area contributed by atoms with Gasteiger partial charge >= 0.3 is 0 Å². The minimum absolute atomic E-state index is 0.0573. The largest absolute Gasteiger partial charge is 0.352 e. The molecular formula is C29H37N5O2. The van der Waals surface area contributed by atoms with E-state index in [1.54, 1.807) is 0 Å². The van der Waals surface area contributed by atoms with Crippen LogP contribution in [-0.4, -0.2) is 52.0 Å². The fourth-order valence-electron chi connectivity index (χ4n) is 5.43. The minimum atomic E-state index is 0.0573. The molecule has 3 aromatic rings. The van der Waals surface area contributed by atoms with Crippen molar-refractivity contribution >= 4 is 5.91 Å². The van der Waals surface area contributed by atoms with E-state index in [0.29, 0.717) is 24.8 Å². The summed E-state index contributed by atoms with van der Waals surface area (Å²) in [6, 6.07) is 18.5. The average Bonchev–Trinajstić information content (AvgIpc) is 3.37. The highest BCUT2D eigenvalue weighted by atomic mass is 16.5. The number of likely N-dealkylation sites (tertiary alicyclic amines) is 2. The van der Waals surface area contributed by atoms with Crippen LogP contribution in [0.3, 0.4) is 0 Å². The van der Waals surface area contributed by atoms with Gasteiger partial charge in [-0.2, -0.15) is 4.98 Å². The molecule has 2 aliphatic rings. The van der Waals surface area contributed by atoms with Crippen LogP contribution in [0.25, 0.3) is 11.4 Å². The lowest BCUT2D eigenvalue weighted by Crippen LogP contribution is -2.40. The molecule has 2 aliphatic heterocycles. The number of rotatable bonds is 8. The molecule has 1 N–H and O–H groups in total. The second kappa shape index (κ2) is 11.8. The van der Waals surface area contributed by atoms with Crippen molar-refractivity contribution in [2.75, 3.05) is 26.2 Å². The number of nitrogens with one attached hydrogen (secondary N) is 1. The Morgan fingerprint density at radius 1 is 0.972 bits per heavy atom. The van der Waals surface area contributed by atoms with Crippen LogP contribution < -0.4 is 5.32 Å². The number of piperidine rings is 2. The Balaban J connectivity index is 1.06. The number of hydrogen-bond acceptors (Lipinski definition) is 6. The third kappa shape index (κ3) is 6.59. The summed E-state index contributed by atoms with van der Waals surface area (Å²) in [6.45, 7) is 8.62. The smallest absolute Gasteiger partial charge is 0.241 e. The highest BCUT2D eigenvalue weighted by molar-refractivity contribution is 5.78. The highest BCUT2D eigenvalue weighted by Crippen LogP contribution is 2.21.